The number of hydrogen-bond acceptors (Lipinski definition) is 4. The molecule has 1 aromatic rings. The highest BCUT2D eigenvalue weighted by Gasteiger charge is 2.30. The number of sulfonamides is 1. The van der Waals surface area contributed by atoms with Gasteiger partial charge in [0.25, 0.3) is 0 Å². The van der Waals surface area contributed by atoms with Crippen molar-refractivity contribution in [1.82, 2.24) is 9.62 Å². The van der Waals surface area contributed by atoms with Crippen LogP contribution >= 0.6 is 28.3 Å². The van der Waals surface area contributed by atoms with E-state index >= 15 is 0 Å². The van der Waals surface area contributed by atoms with Crippen molar-refractivity contribution in [2.75, 3.05) is 39.1 Å². The Morgan fingerprint density at radius 3 is 2.36 bits per heavy atom. The Morgan fingerprint density at radius 2 is 1.86 bits per heavy atom. The number of benzene rings is 1. The Bertz CT molecular complexity index is 602. The van der Waals surface area contributed by atoms with Crippen molar-refractivity contribution < 1.29 is 8.42 Å². The molecule has 0 amide bonds. The van der Waals surface area contributed by atoms with Gasteiger partial charge in [-0.2, -0.15) is 4.31 Å². The summed E-state index contributed by atoms with van der Waals surface area (Å²) in [5.74, 6) is 0. The summed E-state index contributed by atoms with van der Waals surface area (Å²) >= 11 is 3.37. The van der Waals surface area contributed by atoms with Gasteiger partial charge in [-0.15, -0.1) is 12.4 Å². The van der Waals surface area contributed by atoms with E-state index in [1.165, 1.54) is 0 Å². The third-order valence-corrected chi connectivity index (χ3v) is 6.80. The fourth-order valence-electron chi connectivity index (χ4n) is 2.49. The van der Waals surface area contributed by atoms with E-state index in [9.17, 15) is 8.42 Å². The molecule has 0 bridgehead atoms. The highest BCUT2D eigenvalue weighted by molar-refractivity contribution is 9.10. The summed E-state index contributed by atoms with van der Waals surface area (Å²) in [7, 11) is 2.28. The molecule has 1 saturated heterocycles. The summed E-state index contributed by atoms with van der Waals surface area (Å²) in [6.45, 7) is 1.12. The molecule has 0 atom stereocenters. The van der Waals surface area contributed by atoms with Crippen molar-refractivity contribution in [3.05, 3.63) is 22.7 Å². The minimum atomic E-state index is -3.45. The Morgan fingerprint density at radius 1 is 1.27 bits per heavy atom. The lowest BCUT2D eigenvalue weighted by atomic mass is 10.1. The predicted molar refractivity (Wildman–Crippen MR) is 96.6 cm³/mol. The van der Waals surface area contributed by atoms with Gasteiger partial charge >= 0.3 is 0 Å². The molecule has 1 aliphatic rings. The number of rotatable bonds is 4. The number of hydrogen-bond donors (Lipinski definition) is 1. The first kappa shape index (κ1) is 19.7. The zero-order valence-electron chi connectivity index (χ0n) is 13.0. The molecule has 0 aromatic heterocycles. The highest BCUT2D eigenvalue weighted by atomic mass is 79.9. The van der Waals surface area contributed by atoms with Gasteiger partial charge in [0.2, 0.25) is 10.0 Å². The Balaban J connectivity index is 0.00000242. The van der Waals surface area contributed by atoms with E-state index < -0.39 is 10.0 Å². The molecular weight excluding hydrogens is 390 g/mol. The molecule has 0 unspecified atom stereocenters. The topological polar surface area (TPSA) is 52.7 Å². The molecule has 0 saturated carbocycles. The van der Waals surface area contributed by atoms with Crippen LogP contribution in [0.4, 0.5) is 5.69 Å². The quantitative estimate of drug-likeness (QED) is 0.824. The van der Waals surface area contributed by atoms with Gasteiger partial charge in [-0.05, 0) is 54.0 Å². The Labute approximate surface area is 147 Å². The van der Waals surface area contributed by atoms with Gasteiger partial charge in [0.15, 0.2) is 0 Å². The van der Waals surface area contributed by atoms with Gasteiger partial charge in [0, 0.05) is 43.4 Å². The molecule has 1 aromatic carbocycles. The highest BCUT2D eigenvalue weighted by Crippen LogP contribution is 2.30. The summed E-state index contributed by atoms with van der Waals surface area (Å²) in [6, 6.07) is 5.83. The van der Waals surface area contributed by atoms with Crippen molar-refractivity contribution in [1.29, 1.82) is 0 Å². The Kier molecular flexibility index (Phi) is 7.14. The molecule has 1 aliphatic heterocycles. The van der Waals surface area contributed by atoms with Crippen LogP contribution in [0.1, 0.15) is 12.8 Å². The third-order valence-electron chi connectivity index (χ3n) is 3.91. The molecule has 22 heavy (non-hydrogen) atoms. The maximum Gasteiger partial charge on any atom is 0.244 e. The molecule has 126 valence electrons. The van der Waals surface area contributed by atoms with E-state index in [0.29, 0.717) is 28.5 Å². The van der Waals surface area contributed by atoms with Crippen molar-refractivity contribution in [2.24, 2.45) is 0 Å². The second kappa shape index (κ2) is 7.97. The zero-order valence-corrected chi connectivity index (χ0v) is 16.3. The van der Waals surface area contributed by atoms with Crippen LogP contribution in [0.2, 0.25) is 0 Å². The summed E-state index contributed by atoms with van der Waals surface area (Å²) in [5, 5.41) is 3.21. The van der Waals surface area contributed by atoms with Gasteiger partial charge in [-0.3, -0.25) is 0 Å². The molecule has 0 radical (unpaired) electrons. The number of piperidine rings is 1. The van der Waals surface area contributed by atoms with Gasteiger partial charge < -0.3 is 10.2 Å². The van der Waals surface area contributed by atoms with Crippen molar-refractivity contribution >= 4 is 44.0 Å². The maximum atomic E-state index is 12.8. The number of nitrogens with zero attached hydrogens (tertiary/aromatic N) is 2. The van der Waals surface area contributed by atoms with E-state index in [-0.39, 0.29) is 12.4 Å². The van der Waals surface area contributed by atoms with Gasteiger partial charge in [-0.25, -0.2) is 8.42 Å². The van der Waals surface area contributed by atoms with Gasteiger partial charge in [0.05, 0.1) is 4.90 Å². The van der Waals surface area contributed by atoms with Crippen LogP contribution in [0.15, 0.2) is 27.6 Å². The molecule has 8 heteroatoms. The largest absolute Gasteiger partial charge is 0.378 e. The van der Waals surface area contributed by atoms with Gasteiger partial charge in [-0.1, -0.05) is 0 Å². The first-order chi connectivity index (χ1) is 9.86. The zero-order chi connectivity index (χ0) is 15.6. The SMILES string of the molecule is CNC1CCN(S(=O)(=O)c2cc(N(C)C)ccc2Br)CC1.Cl. The van der Waals surface area contributed by atoms with Crippen molar-refractivity contribution in [2.45, 2.75) is 23.8 Å². The smallest absolute Gasteiger partial charge is 0.244 e. The van der Waals surface area contributed by atoms with Crippen LogP contribution in [0, 0.1) is 0 Å². The second-order valence-electron chi connectivity index (χ2n) is 5.48. The summed E-state index contributed by atoms with van der Waals surface area (Å²) < 4.78 is 27.9. The maximum absolute atomic E-state index is 12.8. The molecular formula is C14H23BrClN3O2S. The molecule has 2 rings (SSSR count). The number of halogens is 2. The molecule has 0 spiro atoms. The lowest BCUT2D eigenvalue weighted by molar-refractivity contribution is 0.298. The summed E-state index contributed by atoms with van der Waals surface area (Å²) in [6.07, 6.45) is 1.70. The Hall–Kier alpha value is -0.340. The van der Waals surface area contributed by atoms with Crippen molar-refractivity contribution in [3.8, 4) is 0 Å². The first-order valence-corrected chi connectivity index (χ1v) is 9.24. The van der Waals surface area contributed by atoms with E-state index in [0.717, 1.165) is 18.5 Å². The predicted octanol–water partition coefficient (Wildman–Crippen LogP) is 2.31. The molecule has 1 N–H and O–H groups in total. The standard InChI is InChI=1S/C14H22BrN3O2S.ClH/c1-16-11-6-8-18(9-7-11)21(19,20)14-10-12(17(2)3)4-5-13(14)15;/h4-5,10-11,16H,6-9H2,1-3H3;1H. The van der Waals surface area contributed by atoms with Crippen LogP contribution in [0.25, 0.3) is 0 Å². The monoisotopic (exact) mass is 411 g/mol. The lowest BCUT2D eigenvalue weighted by Crippen LogP contribution is -2.43. The molecule has 1 fully saturated rings. The molecule has 1 heterocycles. The van der Waals surface area contributed by atoms with Crippen LogP contribution in [-0.4, -0.2) is 53.0 Å². The summed E-state index contributed by atoms with van der Waals surface area (Å²) in [5.41, 5.74) is 0.877. The van der Waals surface area contributed by atoms with Gasteiger partial charge in [0.1, 0.15) is 0 Å². The number of anilines is 1. The third kappa shape index (κ3) is 4.14. The van der Waals surface area contributed by atoms with Crippen molar-refractivity contribution in [3.63, 3.8) is 0 Å². The molecule has 5 nitrogen and oxygen atoms in total. The minimum Gasteiger partial charge on any atom is -0.378 e. The number of nitrogens with one attached hydrogen (secondary N) is 1. The van der Waals surface area contributed by atoms with E-state index in [2.05, 4.69) is 21.2 Å². The summed E-state index contributed by atoms with van der Waals surface area (Å²) in [4.78, 5) is 2.25. The fraction of sp³-hybridized carbons (Fsp3) is 0.571. The van der Waals surface area contributed by atoms with Crippen LogP contribution in [0.5, 0.6) is 0 Å². The minimum absolute atomic E-state index is 0. The fourth-order valence-corrected chi connectivity index (χ4v) is 4.91. The second-order valence-corrected chi connectivity index (χ2v) is 8.24. The van der Waals surface area contributed by atoms with E-state index in [1.54, 1.807) is 16.4 Å². The average molecular weight is 413 g/mol. The normalized spacial score (nSPS) is 17.1. The van der Waals surface area contributed by atoms with E-state index in [1.807, 2.05) is 32.1 Å². The molecule has 0 aliphatic carbocycles. The van der Waals surface area contributed by atoms with Crippen LogP contribution < -0.4 is 10.2 Å². The lowest BCUT2D eigenvalue weighted by Gasteiger charge is -2.31. The first-order valence-electron chi connectivity index (χ1n) is 7.00. The average Bonchev–Trinajstić information content (AvgIpc) is 2.47. The van der Waals surface area contributed by atoms with Crippen LogP contribution in [-0.2, 0) is 10.0 Å². The van der Waals surface area contributed by atoms with E-state index in [4.69, 9.17) is 0 Å². The van der Waals surface area contributed by atoms with Crippen LogP contribution in [0.3, 0.4) is 0 Å².